The minimum atomic E-state index is -0.368. The highest BCUT2D eigenvalue weighted by molar-refractivity contribution is 6.02. The fourth-order valence-electron chi connectivity index (χ4n) is 2.04. The van der Waals surface area contributed by atoms with E-state index in [1.54, 1.807) is 18.2 Å². The zero-order valence-corrected chi connectivity index (χ0v) is 14.2. The van der Waals surface area contributed by atoms with Crippen LogP contribution < -0.4 is 4.90 Å². The first-order valence-electron chi connectivity index (χ1n) is 7.75. The Labute approximate surface area is 146 Å². The molecule has 2 N–H and O–H groups in total. The number of benzene rings is 1. The van der Waals surface area contributed by atoms with Gasteiger partial charge in [0.2, 0.25) is 0 Å². The fraction of sp³-hybridized carbons (Fsp3) is 0.150. The molecule has 0 aliphatic rings. The second kappa shape index (κ2) is 8.70. The van der Waals surface area contributed by atoms with Crippen LogP contribution in [0.25, 0.3) is 12.2 Å². The minimum absolute atomic E-state index is 0.137. The molecule has 0 unspecified atom stereocenters. The first kappa shape index (κ1) is 18.3. The molecule has 0 fully saturated rings. The van der Waals surface area contributed by atoms with E-state index in [1.807, 2.05) is 43.3 Å². The number of aliphatic hydroxyl groups excluding tert-OH is 2. The maximum Gasteiger partial charge on any atom is 0.182 e. The molecule has 1 aromatic heterocycles. The SMILES string of the molecule is CN(C)c1ccc(/C=C/C(O)=CC(=O)/C=C/c2ccc(CO)o2)cc1. The van der Waals surface area contributed by atoms with E-state index in [0.717, 1.165) is 17.3 Å². The van der Waals surface area contributed by atoms with Crippen LogP contribution in [0.1, 0.15) is 17.1 Å². The highest BCUT2D eigenvalue weighted by Crippen LogP contribution is 2.14. The summed E-state index contributed by atoms with van der Waals surface area (Å²) in [4.78, 5) is 13.8. The van der Waals surface area contributed by atoms with Gasteiger partial charge in [0, 0.05) is 25.9 Å². The molecule has 5 heteroatoms. The van der Waals surface area contributed by atoms with E-state index in [2.05, 4.69) is 0 Å². The van der Waals surface area contributed by atoms with Crippen LogP contribution >= 0.6 is 0 Å². The molecular formula is C20H21NO4. The van der Waals surface area contributed by atoms with Gasteiger partial charge in [-0.15, -0.1) is 0 Å². The van der Waals surface area contributed by atoms with Crippen molar-refractivity contribution in [2.24, 2.45) is 0 Å². The number of aliphatic hydroxyl groups is 2. The van der Waals surface area contributed by atoms with Crippen LogP contribution in [0, 0.1) is 0 Å². The van der Waals surface area contributed by atoms with Crippen molar-refractivity contribution in [3.8, 4) is 0 Å². The molecule has 25 heavy (non-hydrogen) atoms. The van der Waals surface area contributed by atoms with Crippen molar-refractivity contribution in [3.63, 3.8) is 0 Å². The van der Waals surface area contributed by atoms with Gasteiger partial charge in [0.15, 0.2) is 5.78 Å². The number of hydrogen-bond donors (Lipinski definition) is 2. The van der Waals surface area contributed by atoms with Crippen LogP contribution in [0.4, 0.5) is 5.69 Å². The van der Waals surface area contributed by atoms with Gasteiger partial charge in [0.05, 0.1) is 0 Å². The monoisotopic (exact) mass is 339 g/mol. The Bertz CT molecular complexity index is 795. The van der Waals surface area contributed by atoms with Crippen molar-refractivity contribution in [1.29, 1.82) is 0 Å². The lowest BCUT2D eigenvalue weighted by Crippen LogP contribution is -2.07. The van der Waals surface area contributed by atoms with E-state index in [0.29, 0.717) is 11.5 Å². The van der Waals surface area contributed by atoms with Crippen molar-refractivity contribution in [2.45, 2.75) is 6.61 Å². The largest absolute Gasteiger partial charge is 0.508 e. The normalized spacial score (nSPS) is 12.2. The Hall–Kier alpha value is -3.05. The molecular weight excluding hydrogens is 318 g/mol. The van der Waals surface area contributed by atoms with E-state index >= 15 is 0 Å². The highest BCUT2D eigenvalue weighted by Gasteiger charge is 1.99. The van der Waals surface area contributed by atoms with Gasteiger partial charge in [-0.2, -0.15) is 0 Å². The zero-order valence-electron chi connectivity index (χ0n) is 14.2. The predicted octanol–water partition coefficient (Wildman–Crippen LogP) is 3.58. The van der Waals surface area contributed by atoms with Gasteiger partial charge in [-0.3, -0.25) is 4.79 Å². The molecule has 0 saturated carbocycles. The lowest BCUT2D eigenvalue weighted by molar-refractivity contribution is -0.110. The van der Waals surface area contributed by atoms with E-state index in [4.69, 9.17) is 9.52 Å². The summed E-state index contributed by atoms with van der Waals surface area (Å²) in [6.45, 7) is -0.192. The van der Waals surface area contributed by atoms with Crippen LogP contribution in [0.2, 0.25) is 0 Å². The second-order valence-electron chi connectivity index (χ2n) is 5.59. The molecule has 0 aliphatic heterocycles. The molecule has 0 aliphatic carbocycles. The van der Waals surface area contributed by atoms with E-state index in [1.165, 1.54) is 18.2 Å². The minimum Gasteiger partial charge on any atom is -0.508 e. The number of anilines is 1. The zero-order chi connectivity index (χ0) is 18.2. The third-order valence-corrected chi connectivity index (χ3v) is 3.40. The first-order chi connectivity index (χ1) is 12.0. The van der Waals surface area contributed by atoms with Crippen molar-refractivity contribution < 1.29 is 19.4 Å². The fourth-order valence-corrected chi connectivity index (χ4v) is 2.04. The maximum atomic E-state index is 11.8. The standard InChI is InChI=1S/C20H21NO4/c1-21(2)16-6-3-15(4-7-16)5-8-17(23)13-18(24)9-10-19-11-12-20(14-22)25-19/h3-13,22-23H,14H2,1-2H3/b8-5+,10-9+,17-13?. The molecule has 2 aromatic rings. The first-order valence-corrected chi connectivity index (χ1v) is 7.75. The van der Waals surface area contributed by atoms with Crippen molar-refractivity contribution in [2.75, 3.05) is 19.0 Å². The van der Waals surface area contributed by atoms with Gasteiger partial charge in [-0.1, -0.05) is 18.2 Å². The number of nitrogens with zero attached hydrogens (tertiary/aromatic N) is 1. The summed E-state index contributed by atoms with van der Waals surface area (Å²) in [6.07, 6.45) is 7.08. The van der Waals surface area contributed by atoms with Crippen LogP contribution in [0.3, 0.4) is 0 Å². The van der Waals surface area contributed by atoms with Gasteiger partial charge < -0.3 is 19.5 Å². The highest BCUT2D eigenvalue weighted by atomic mass is 16.4. The van der Waals surface area contributed by atoms with Gasteiger partial charge >= 0.3 is 0 Å². The van der Waals surface area contributed by atoms with Crippen molar-refractivity contribution >= 4 is 23.6 Å². The Morgan fingerprint density at radius 2 is 1.80 bits per heavy atom. The maximum absolute atomic E-state index is 11.8. The number of hydrogen-bond acceptors (Lipinski definition) is 5. The summed E-state index contributed by atoms with van der Waals surface area (Å²) < 4.78 is 5.23. The molecule has 0 bridgehead atoms. The molecule has 1 aromatic carbocycles. The van der Waals surface area contributed by atoms with Gasteiger partial charge in [-0.25, -0.2) is 0 Å². The molecule has 130 valence electrons. The summed E-state index contributed by atoms with van der Waals surface area (Å²) >= 11 is 0. The molecule has 0 amide bonds. The topological polar surface area (TPSA) is 73.9 Å². The van der Waals surface area contributed by atoms with Crippen LogP contribution in [0.15, 0.2) is 64.8 Å². The lowest BCUT2D eigenvalue weighted by Gasteiger charge is -2.11. The summed E-state index contributed by atoms with van der Waals surface area (Å²) in [5, 5.41) is 18.7. The third-order valence-electron chi connectivity index (χ3n) is 3.40. The Kier molecular flexibility index (Phi) is 6.37. The summed E-state index contributed by atoms with van der Waals surface area (Å²) in [5.74, 6) is 0.379. The predicted molar refractivity (Wildman–Crippen MR) is 99.2 cm³/mol. The van der Waals surface area contributed by atoms with Crippen LogP contribution in [0.5, 0.6) is 0 Å². The Balaban J connectivity index is 1.96. The average Bonchev–Trinajstić information content (AvgIpc) is 3.06. The number of furan rings is 1. The molecule has 5 nitrogen and oxygen atoms in total. The number of rotatable bonds is 7. The summed E-state index contributed by atoms with van der Waals surface area (Å²) in [6, 6.07) is 11.1. The van der Waals surface area contributed by atoms with Crippen molar-refractivity contribution in [3.05, 3.63) is 77.5 Å². The number of allylic oxidation sites excluding steroid dienone is 3. The van der Waals surface area contributed by atoms with Crippen LogP contribution in [-0.2, 0) is 11.4 Å². The number of ketones is 1. The average molecular weight is 339 g/mol. The van der Waals surface area contributed by atoms with Gasteiger partial charge in [0.25, 0.3) is 0 Å². The van der Waals surface area contributed by atoms with Gasteiger partial charge in [-0.05, 0) is 48.1 Å². The van der Waals surface area contributed by atoms with E-state index in [-0.39, 0.29) is 18.1 Å². The third kappa shape index (κ3) is 5.82. The molecule has 1 heterocycles. The van der Waals surface area contributed by atoms with Crippen LogP contribution in [-0.4, -0.2) is 30.1 Å². The smallest absolute Gasteiger partial charge is 0.182 e. The Morgan fingerprint density at radius 3 is 2.40 bits per heavy atom. The van der Waals surface area contributed by atoms with E-state index < -0.39 is 0 Å². The van der Waals surface area contributed by atoms with E-state index in [9.17, 15) is 9.90 Å². The molecule has 0 radical (unpaired) electrons. The lowest BCUT2D eigenvalue weighted by atomic mass is 10.1. The summed E-state index contributed by atoms with van der Waals surface area (Å²) in [7, 11) is 3.93. The number of carbonyl (C=O) groups excluding carboxylic acids is 1. The summed E-state index contributed by atoms with van der Waals surface area (Å²) in [5.41, 5.74) is 2.00. The quantitative estimate of drug-likeness (QED) is 0.458. The molecule has 0 spiro atoms. The number of carbonyl (C=O) groups is 1. The second-order valence-corrected chi connectivity index (χ2v) is 5.59. The molecule has 2 rings (SSSR count). The van der Waals surface area contributed by atoms with Gasteiger partial charge in [0.1, 0.15) is 23.9 Å². The molecule has 0 atom stereocenters. The Morgan fingerprint density at radius 1 is 1.08 bits per heavy atom. The molecule has 0 saturated heterocycles. The van der Waals surface area contributed by atoms with Crippen molar-refractivity contribution in [1.82, 2.24) is 0 Å².